The van der Waals surface area contributed by atoms with E-state index in [4.69, 9.17) is 16.3 Å². The first-order valence-corrected chi connectivity index (χ1v) is 10.1. The molecule has 1 atom stereocenters. The number of nitrogens with one attached hydrogen (secondary N) is 1. The lowest BCUT2D eigenvalue weighted by Gasteiger charge is -2.38. The van der Waals surface area contributed by atoms with Gasteiger partial charge < -0.3 is 15.2 Å². The molecule has 1 fully saturated rings. The van der Waals surface area contributed by atoms with Crippen molar-refractivity contribution in [2.75, 3.05) is 26.2 Å². The van der Waals surface area contributed by atoms with Crippen molar-refractivity contribution < 1.29 is 19.0 Å². The standard InChI is InChI=1S/C22H26ClFN2O3/c1-16-6-7-19(23)20(10-16)29-15-22(28)8-3-9-26(14-22)13-21(27)25-12-17-4-2-5-18(24)11-17/h2,4-7,10-11,28H,3,8-9,12-15H2,1H3,(H,25,27)/t22-/m0/s1. The maximum atomic E-state index is 13.2. The number of hydrogen-bond donors (Lipinski definition) is 2. The van der Waals surface area contributed by atoms with Gasteiger partial charge in [0.2, 0.25) is 5.91 Å². The lowest BCUT2D eigenvalue weighted by molar-refractivity contribution is -0.124. The number of carbonyl (C=O) groups excluding carboxylic acids is 1. The Labute approximate surface area is 175 Å². The Hall–Kier alpha value is -2.15. The quantitative estimate of drug-likeness (QED) is 0.721. The zero-order chi connectivity index (χ0) is 20.9. The van der Waals surface area contributed by atoms with Crippen molar-refractivity contribution in [1.82, 2.24) is 10.2 Å². The third kappa shape index (κ3) is 6.42. The SMILES string of the molecule is Cc1ccc(Cl)c(OC[C@]2(O)CCCN(CC(=O)NCc3cccc(F)c3)C2)c1. The summed E-state index contributed by atoms with van der Waals surface area (Å²) in [4.78, 5) is 14.2. The number of nitrogens with zero attached hydrogens (tertiary/aromatic N) is 1. The average molecular weight is 421 g/mol. The summed E-state index contributed by atoms with van der Waals surface area (Å²) in [5.74, 6) is 0.0535. The highest BCUT2D eigenvalue weighted by atomic mass is 35.5. The van der Waals surface area contributed by atoms with Crippen molar-refractivity contribution in [3.05, 3.63) is 64.4 Å². The molecular weight excluding hydrogens is 395 g/mol. The van der Waals surface area contributed by atoms with Gasteiger partial charge in [-0.15, -0.1) is 0 Å². The number of aliphatic hydroxyl groups is 1. The van der Waals surface area contributed by atoms with Crippen molar-refractivity contribution >= 4 is 17.5 Å². The summed E-state index contributed by atoms with van der Waals surface area (Å²) in [6.07, 6.45) is 1.36. The van der Waals surface area contributed by atoms with Gasteiger partial charge in [0.25, 0.3) is 0 Å². The van der Waals surface area contributed by atoms with E-state index in [1.807, 2.05) is 24.0 Å². The van der Waals surface area contributed by atoms with Crippen LogP contribution < -0.4 is 10.1 Å². The van der Waals surface area contributed by atoms with Gasteiger partial charge >= 0.3 is 0 Å². The molecule has 0 spiro atoms. The fourth-order valence-electron chi connectivity index (χ4n) is 3.50. The largest absolute Gasteiger partial charge is 0.489 e. The first-order chi connectivity index (χ1) is 13.8. The number of β-amino-alcohol motifs (C(OH)–C–C–N with tert-alkyl or cyclic N) is 1. The van der Waals surface area contributed by atoms with Crippen LogP contribution >= 0.6 is 11.6 Å². The molecule has 29 heavy (non-hydrogen) atoms. The molecule has 2 aromatic carbocycles. The smallest absolute Gasteiger partial charge is 0.234 e. The summed E-state index contributed by atoms with van der Waals surface area (Å²) in [5.41, 5.74) is 0.683. The number of likely N-dealkylation sites (tertiary alicyclic amines) is 1. The zero-order valence-electron chi connectivity index (χ0n) is 16.5. The number of halogens is 2. The Kier molecular flexibility index (Phi) is 7.11. The van der Waals surface area contributed by atoms with Crippen LogP contribution in [0.3, 0.4) is 0 Å². The molecule has 7 heteroatoms. The van der Waals surface area contributed by atoms with Crippen LogP contribution in [-0.4, -0.2) is 47.8 Å². The van der Waals surface area contributed by atoms with E-state index in [2.05, 4.69) is 5.32 Å². The van der Waals surface area contributed by atoms with E-state index in [1.54, 1.807) is 18.2 Å². The molecule has 0 unspecified atom stereocenters. The van der Waals surface area contributed by atoms with E-state index in [9.17, 15) is 14.3 Å². The van der Waals surface area contributed by atoms with E-state index in [1.165, 1.54) is 12.1 Å². The van der Waals surface area contributed by atoms with Crippen LogP contribution in [0.5, 0.6) is 5.75 Å². The molecule has 0 saturated carbocycles. The fraction of sp³-hybridized carbons (Fsp3) is 0.409. The first-order valence-electron chi connectivity index (χ1n) is 9.68. The van der Waals surface area contributed by atoms with Crippen molar-refractivity contribution in [1.29, 1.82) is 0 Å². The second-order valence-electron chi connectivity index (χ2n) is 7.67. The van der Waals surface area contributed by atoms with Crippen molar-refractivity contribution in [3.63, 3.8) is 0 Å². The van der Waals surface area contributed by atoms with Crippen LogP contribution in [0.1, 0.15) is 24.0 Å². The van der Waals surface area contributed by atoms with E-state index >= 15 is 0 Å². The molecule has 3 rings (SSSR count). The summed E-state index contributed by atoms with van der Waals surface area (Å²) in [6.45, 7) is 3.55. The molecule has 2 N–H and O–H groups in total. The van der Waals surface area contributed by atoms with Gasteiger partial charge in [0.15, 0.2) is 0 Å². The number of piperidine rings is 1. The van der Waals surface area contributed by atoms with Crippen LogP contribution in [0, 0.1) is 12.7 Å². The topological polar surface area (TPSA) is 61.8 Å². The molecule has 1 saturated heterocycles. The third-order valence-corrected chi connectivity index (χ3v) is 5.28. The molecule has 5 nitrogen and oxygen atoms in total. The normalized spacial score (nSPS) is 19.7. The van der Waals surface area contributed by atoms with Crippen molar-refractivity contribution in [2.45, 2.75) is 31.9 Å². The van der Waals surface area contributed by atoms with E-state index in [0.717, 1.165) is 18.5 Å². The highest BCUT2D eigenvalue weighted by molar-refractivity contribution is 6.32. The number of carbonyl (C=O) groups is 1. The van der Waals surface area contributed by atoms with Crippen LogP contribution in [0.2, 0.25) is 5.02 Å². The molecule has 1 aliphatic rings. The minimum atomic E-state index is -1.05. The molecule has 2 aromatic rings. The zero-order valence-corrected chi connectivity index (χ0v) is 17.2. The minimum Gasteiger partial charge on any atom is -0.489 e. The van der Waals surface area contributed by atoms with Crippen LogP contribution in [0.15, 0.2) is 42.5 Å². The van der Waals surface area contributed by atoms with Crippen LogP contribution in [0.4, 0.5) is 4.39 Å². The lowest BCUT2D eigenvalue weighted by atomic mass is 9.93. The van der Waals surface area contributed by atoms with Gasteiger partial charge in [0.1, 0.15) is 23.8 Å². The summed E-state index contributed by atoms with van der Waals surface area (Å²) in [7, 11) is 0. The molecule has 1 heterocycles. The maximum Gasteiger partial charge on any atom is 0.234 e. The highest BCUT2D eigenvalue weighted by Gasteiger charge is 2.35. The van der Waals surface area contributed by atoms with Gasteiger partial charge in [-0.1, -0.05) is 29.8 Å². The monoisotopic (exact) mass is 420 g/mol. The van der Waals surface area contributed by atoms with Gasteiger partial charge in [0, 0.05) is 13.1 Å². The Morgan fingerprint density at radius 3 is 2.97 bits per heavy atom. The van der Waals surface area contributed by atoms with Crippen molar-refractivity contribution in [3.8, 4) is 5.75 Å². The summed E-state index contributed by atoms with van der Waals surface area (Å²) >= 11 is 6.16. The fourth-order valence-corrected chi connectivity index (χ4v) is 3.67. The average Bonchev–Trinajstić information content (AvgIpc) is 2.67. The number of rotatable bonds is 7. The number of ether oxygens (including phenoxy) is 1. The minimum absolute atomic E-state index is 0.109. The van der Waals surface area contributed by atoms with Gasteiger partial charge in [-0.05, 0) is 61.7 Å². The van der Waals surface area contributed by atoms with Crippen LogP contribution in [0.25, 0.3) is 0 Å². The predicted molar refractivity (Wildman–Crippen MR) is 111 cm³/mol. The van der Waals surface area contributed by atoms with E-state index < -0.39 is 5.60 Å². The highest BCUT2D eigenvalue weighted by Crippen LogP contribution is 2.28. The summed E-state index contributed by atoms with van der Waals surface area (Å²) in [6, 6.07) is 11.6. The van der Waals surface area contributed by atoms with Crippen molar-refractivity contribution in [2.24, 2.45) is 0 Å². The van der Waals surface area contributed by atoms with E-state index in [-0.39, 0.29) is 31.4 Å². The molecule has 0 radical (unpaired) electrons. The Morgan fingerprint density at radius 2 is 2.17 bits per heavy atom. The number of benzene rings is 2. The lowest BCUT2D eigenvalue weighted by Crippen LogP contribution is -2.53. The molecule has 1 aliphatic heterocycles. The van der Waals surface area contributed by atoms with Gasteiger partial charge in [-0.25, -0.2) is 4.39 Å². The number of aryl methyl sites for hydroxylation is 1. The van der Waals surface area contributed by atoms with Gasteiger partial charge in [0.05, 0.1) is 11.6 Å². The Morgan fingerprint density at radius 1 is 1.34 bits per heavy atom. The molecular formula is C22H26ClFN2O3. The molecule has 0 bridgehead atoms. The number of hydrogen-bond acceptors (Lipinski definition) is 4. The van der Waals surface area contributed by atoms with Crippen LogP contribution in [-0.2, 0) is 11.3 Å². The molecule has 0 aliphatic carbocycles. The Bertz CT molecular complexity index is 864. The third-order valence-electron chi connectivity index (χ3n) is 4.96. The second-order valence-corrected chi connectivity index (χ2v) is 8.07. The van der Waals surface area contributed by atoms with Gasteiger partial charge in [-0.2, -0.15) is 0 Å². The second kappa shape index (κ2) is 9.57. The molecule has 0 aromatic heterocycles. The Balaban J connectivity index is 1.50. The molecule has 156 valence electrons. The van der Waals surface area contributed by atoms with E-state index in [0.29, 0.717) is 29.3 Å². The predicted octanol–water partition coefficient (Wildman–Crippen LogP) is 3.31. The maximum absolute atomic E-state index is 13.2. The number of amides is 1. The summed E-state index contributed by atoms with van der Waals surface area (Å²) < 4.78 is 19.0. The summed E-state index contributed by atoms with van der Waals surface area (Å²) in [5, 5.41) is 14.2. The van der Waals surface area contributed by atoms with Gasteiger partial charge in [-0.3, -0.25) is 9.69 Å². The first kappa shape index (κ1) is 21.6. The molecule has 1 amide bonds.